The normalized spacial score (nSPS) is 11.8. The van der Waals surface area contributed by atoms with E-state index >= 15 is 0 Å². The van der Waals surface area contributed by atoms with Gasteiger partial charge in [0.1, 0.15) is 0 Å². The second-order valence-electron chi connectivity index (χ2n) is 6.96. The Bertz CT molecular complexity index is 1110. The van der Waals surface area contributed by atoms with Crippen LogP contribution in [0.5, 0.6) is 0 Å². The summed E-state index contributed by atoms with van der Waals surface area (Å²) in [6, 6.07) is 11.3. The highest BCUT2D eigenvalue weighted by molar-refractivity contribution is 6.10. The van der Waals surface area contributed by atoms with Crippen LogP contribution in [0.3, 0.4) is 0 Å². The lowest BCUT2D eigenvalue weighted by Gasteiger charge is -2.08. The van der Waals surface area contributed by atoms with Crippen LogP contribution in [0.25, 0.3) is 27.6 Å². The second-order valence-corrected chi connectivity index (χ2v) is 6.96. The summed E-state index contributed by atoms with van der Waals surface area (Å²) in [4.78, 5) is 0. The molecule has 0 amide bonds. The standard InChI is InChI=1S/C21H24N3/c1-13-7-10-19-18(11-13)17-9-8-14(2)15(3)21(17)24(19)20-12-22(5)16(4)23(20)6/h7-12H,1-6H3/q+1. The summed E-state index contributed by atoms with van der Waals surface area (Å²) in [6.45, 7) is 8.74. The minimum absolute atomic E-state index is 1.20. The predicted molar refractivity (Wildman–Crippen MR) is 99.9 cm³/mol. The molecular formula is C21H24N3+. The molecule has 3 heteroatoms. The Hall–Kier alpha value is -2.55. The quantitative estimate of drug-likeness (QED) is 0.467. The van der Waals surface area contributed by atoms with Gasteiger partial charge in [0.2, 0.25) is 5.82 Å². The molecule has 2 aromatic carbocycles. The van der Waals surface area contributed by atoms with Crippen LogP contribution in [0, 0.1) is 27.7 Å². The van der Waals surface area contributed by atoms with Crippen molar-refractivity contribution in [2.45, 2.75) is 27.7 Å². The van der Waals surface area contributed by atoms with Gasteiger partial charge in [0.15, 0.2) is 6.20 Å². The fourth-order valence-corrected chi connectivity index (χ4v) is 3.69. The van der Waals surface area contributed by atoms with Gasteiger partial charge in [-0.15, -0.1) is 0 Å². The summed E-state index contributed by atoms with van der Waals surface area (Å²) in [5.41, 5.74) is 6.57. The van der Waals surface area contributed by atoms with Crippen molar-refractivity contribution in [3.63, 3.8) is 0 Å². The molecule has 0 N–H and O–H groups in total. The zero-order valence-electron chi connectivity index (χ0n) is 15.3. The van der Waals surface area contributed by atoms with Gasteiger partial charge < -0.3 is 0 Å². The fourth-order valence-electron chi connectivity index (χ4n) is 3.69. The molecule has 0 fully saturated rings. The average molecular weight is 318 g/mol. The van der Waals surface area contributed by atoms with E-state index in [1.165, 1.54) is 50.1 Å². The van der Waals surface area contributed by atoms with E-state index in [2.05, 4.69) is 92.0 Å². The smallest absolute Gasteiger partial charge is 0.254 e. The average Bonchev–Trinajstić information content (AvgIpc) is 3.00. The number of imidazole rings is 1. The Balaban J connectivity index is 2.28. The van der Waals surface area contributed by atoms with Gasteiger partial charge in [0.05, 0.1) is 25.1 Å². The molecule has 24 heavy (non-hydrogen) atoms. The first-order valence-electron chi connectivity index (χ1n) is 8.43. The molecule has 2 aromatic heterocycles. The van der Waals surface area contributed by atoms with E-state index in [1.807, 2.05) is 0 Å². The summed E-state index contributed by atoms with van der Waals surface area (Å²) in [6.07, 6.45) is 2.22. The highest BCUT2D eigenvalue weighted by Gasteiger charge is 2.22. The lowest BCUT2D eigenvalue weighted by Crippen LogP contribution is -2.29. The van der Waals surface area contributed by atoms with E-state index in [4.69, 9.17) is 0 Å². The first kappa shape index (κ1) is 15.0. The molecule has 0 atom stereocenters. The summed E-state index contributed by atoms with van der Waals surface area (Å²) < 4.78 is 6.87. The van der Waals surface area contributed by atoms with Gasteiger partial charge in [0.25, 0.3) is 5.82 Å². The van der Waals surface area contributed by atoms with Crippen molar-refractivity contribution in [3.8, 4) is 5.82 Å². The van der Waals surface area contributed by atoms with E-state index in [9.17, 15) is 0 Å². The maximum atomic E-state index is 2.42. The van der Waals surface area contributed by atoms with Crippen molar-refractivity contribution < 1.29 is 4.57 Å². The number of aryl methyl sites for hydroxylation is 4. The molecule has 0 saturated carbocycles. The first-order chi connectivity index (χ1) is 11.4. The Labute approximate surface area is 142 Å². The molecule has 0 radical (unpaired) electrons. The lowest BCUT2D eigenvalue weighted by atomic mass is 10.0. The van der Waals surface area contributed by atoms with Crippen molar-refractivity contribution >= 4 is 21.8 Å². The molecule has 0 aliphatic rings. The molecule has 2 heterocycles. The SMILES string of the molecule is Cc1ccc2c(c1)c1ccc(C)c(C)c1n2-c1c[n+](C)c(C)n1C. The third kappa shape index (κ3) is 1.87. The highest BCUT2D eigenvalue weighted by Crippen LogP contribution is 2.35. The van der Waals surface area contributed by atoms with Gasteiger partial charge in [-0.3, -0.25) is 4.57 Å². The van der Waals surface area contributed by atoms with E-state index in [0.717, 1.165) is 0 Å². The van der Waals surface area contributed by atoms with Crippen LogP contribution in [0.1, 0.15) is 22.5 Å². The van der Waals surface area contributed by atoms with Crippen LogP contribution in [0.2, 0.25) is 0 Å². The summed E-state index contributed by atoms with van der Waals surface area (Å²) in [5, 5.41) is 2.66. The Morgan fingerprint density at radius 1 is 0.917 bits per heavy atom. The molecule has 4 aromatic rings. The van der Waals surface area contributed by atoms with Crippen LogP contribution in [0.15, 0.2) is 36.5 Å². The van der Waals surface area contributed by atoms with E-state index in [-0.39, 0.29) is 0 Å². The molecule has 0 aliphatic heterocycles. The van der Waals surface area contributed by atoms with Gasteiger partial charge in [0, 0.05) is 17.7 Å². The molecule has 0 unspecified atom stereocenters. The minimum atomic E-state index is 1.20. The number of aromatic nitrogens is 3. The Kier molecular flexibility index (Phi) is 3.11. The molecular weight excluding hydrogens is 294 g/mol. The molecule has 0 spiro atoms. The van der Waals surface area contributed by atoms with Crippen LogP contribution < -0.4 is 4.57 Å². The maximum Gasteiger partial charge on any atom is 0.254 e. The van der Waals surface area contributed by atoms with Crippen molar-refractivity contribution in [2.24, 2.45) is 14.1 Å². The number of fused-ring (bicyclic) bond motifs is 3. The van der Waals surface area contributed by atoms with Crippen molar-refractivity contribution in [2.75, 3.05) is 0 Å². The number of nitrogens with zero attached hydrogens (tertiary/aromatic N) is 3. The third-order valence-corrected chi connectivity index (χ3v) is 5.49. The number of rotatable bonds is 1. The minimum Gasteiger partial charge on any atom is -0.273 e. The van der Waals surface area contributed by atoms with E-state index in [1.54, 1.807) is 0 Å². The first-order valence-corrected chi connectivity index (χ1v) is 8.43. The van der Waals surface area contributed by atoms with Gasteiger partial charge in [-0.05, 0) is 44.0 Å². The highest BCUT2D eigenvalue weighted by atomic mass is 15.2. The third-order valence-electron chi connectivity index (χ3n) is 5.49. The van der Waals surface area contributed by atoms with Gasteiger partial charge in [-0.1, -0.05) is 23.8 Å². The molecule has 4 rings (SSSR count). The number of hydrogen-bond donors (Lipinski definition) is 0. The summed E-state index contributed by atoms with van der Waals surface area (Å²) in [7, 11) is 4.25. The molecule has 0 aliphatic carbocycles. The van der Waals surface area contributed by atoms with Crippen LogP contribution in [-0.4, -0.2) is 9.13 Å². The van der Waals surface area contributed by atoms with Gasteiger partial charge in [-0.2, -0.15) is 0 Å². The van der Waals surface area contributed by atoms with Gasteiger partial charge >= 0.3 is 0 Å². The molecule has 3 nitrogen and oxygen atoms in total. The lowest BCUT2D eigenvalue weighted by molar-refractivity contribution is -0.677. The molecule has 122 valence electrons. The monoisotopic (exact) mass is 318 g/mol. The summed E-state index contributed by atoms with van der Waals surface area (Å²) >= 11 is 0. The zero-order valence-corrected chi connectivity index (χ0v) is 15.3. The predicted octanol–water partition coefficient (Wildman–Crippen LogP) is 4.18. The van der Waals surface area contributed by atoms with E-state index < -0.39 is 0 Å². The van der Waals surface area contributed by atoms with Gasteiger partial charge in [-0.25, -0.2) is 9.13 Å². The molecule has 0 saturated heterocycles. The maximum absolute atomic E-state index is 2.42. The topological polar surface area (TPSA) is 13.7 Å². The van der Waals surface area contributed by atoms with E-state index in [0.29, 0.717) is 0 Å². The number of hydrogen-bond acceptors (Lipinski definition) is 0. The van der Waals surface area contributed by atoms with Crippen LogP contribution in [-0.2, 0) is 14.1 Å². The zero-order chi connectivity index (χ0) is 17.2. The van der Waals surface area contributed by atoms with Crippen molar-refractivity contribution in [1.29, 1.82) is 0 Å². The molecule has 0 bridgehead atoms. The Morgan fingerprint density at radius 2 is 1.67 bits per heavy atom. The Morgan fingerprint density at radius 3 is 2.33 bits per heavy atom. The van der Waals surface area contributed by atoms with Crippen LogP contribution >= 0.6 is 0 Å². The second kappa shape index (κ2) is 4.97. The number of benzene rings is 2. The van der Waals surface area contributed by atoms with Crippen LogP contribution in [0.4, 0.5) is 0 Å². The largest absolute Gasteiger partial charge is 0.273 e. The fraction of sp³-hybridized carbons (Fsp3) is 0.286. The van der Waals surface area contributed by atoms with Crippen molar-refractivity contribution in [1.82, 2.24) is 9.13 Å². The van der Waals surface area contributed by atoms with Crippen molar-refractivity contribution in [3.05, 3.63) is 59.0 Å². The summed E-state index contributed by atoms with van der Waals surface area (Å²) in [5.74, 6) is 2.44.